The molecule has 1 aliphatic heterocycles. The summed E-state index contributed by atoms with van der Waals surface area (Å²) >= 11 is 12.6. The van der Waals surface area contributed by atoms with Gasteiger partial charge in [-0.25, -0.2) is 4.79 Å². The number of hydrogen-bond donors (Lipinski definition) is 0. The van der Waals surface area contributed by atoms with Crippen LogP contribution in [0, 0.1) is 6.92 Å². The largest absolute Gasteiger partial charge is 0.423 e. The van der Waals surface area contributed by atoms with Crippen LogP contribution in [0.1, 0.15) is 11.1 Å². The summed E-state index contributed by atoms with van der Waals surface area (Å²) in [6.45, 7) is 6.17. The zero-order chi connectivity index (χ0) is 19.0. The molecule has 0 N–H and O–H groups in total. The van der Waals surface area contributed by atoms with Crippen molar-refractivity contribution in [3.05, 3.63) is 74.1 Å². The van der Waals surface area contributed by atoms with Gasteiger partial charge in [0.1, 0.15) is 5.58 Å². The monoisotopic (exact) mass is 402 g/mol. The third-order valence-corrected chi connectivity index (χ3v) is 5.80. The summed E-state index contributed by atoms with van der Waals surface area (Å²) in [5, 5.41) is 2.36. The molecule has 0 unspecified atom stereocenters. The molecule has 1 saturated heterocycles. The molecule has 4 rings (SSSR count). The summed E-state index contributed by atoms with van der Waals surface area (Å²) in [4.78, 5) is 16.6. The Morgan fingerprint density at radius 3 is 2.48 bits per heavy atom. The molecule has 1 aromatic heterocycles. The van der Waals surface area contributed by atoms with Gasteiger partial charge in [-0.3, -0.25) is 4.90 Å². The molecule has 0 spiro atoms. The van der Waals surface area contributed by atoms with Crippen LogP contribution in [0.25, 0.3) is 11.0 Å². The molecule has 0 saturated carbocycles. The van der Waals surface area contributed by atoms with Crippen molar-refractivity contribution < 1.29 is 4.42 Å². The first-order valence-electron chi connectivity index (χ1n) is 8.96. The Kier molecular flexibility index (Phi) is 5.13. The minimum absolute atomic E-state index is 0.325. The lowest BCUT2D eigenvalue weighted by atomic mass is 10.1. The maximum Gasteiger partial charge on any atom is 0.336 e. The molecule has 1 aliphatic rings. The van der Waals surface area contributed by atoms with E-state index in [0.29, 0.717) is 17.2 Å². The zero-order valence-electron chi connectivity index (χ0n) is 15.0. The number of aryl methyl sites for hydroxylation is 1. The van der Waals surface area contributed by atoms with Gasteiger partial charge in [0, 0.05) is 49.2 Å². The van der Waals surface area contributed by atoms with Crippen molar-refractivity contribution in [2.24, 2.45) is 0 Å². The van der Waals surface area contributed by atoms with E-state index in [4.69, 9.17) is 27.6 Å². The Balaban J connectivity index is 1.53. The summed E-state index contributed by atoms with van der Waals surface area (Å²) in [7, 11) is 0. The topological polar surface area (TPSA) is 36.7 Å². The number of para-hydroxylation sites is 1. The SMILES string of the molecule is Cc1cc2oc(=O)cc(CN3CCN(c4ccccc4Cl)CC3)c2cc1Cl. The van der Waals surface area contributed by atoms with Crippen molar-refractivity contribution >= 4 is 39.9 Å². The van der Waals surface area contributed by atoms with Crippen LogP contribution in [0.4, 0.5) is 5.69 Å². The minimum Gasteiger partial charge on any atom is -0.423 e. The molecule has 3 aromatic rings. The first-order chi connectivity index (χ1) is 13.0. The minimum atomic E-state index is -0.325. The molecule has 6 heteroatoms. The van der Waals surface area contributed by atoms with Crippen LogP contribution in [0.5, 0.6) is 0 Å². The molecule has 4 nitrogen and oxygen atoms in total. The molecular weight excluding hydrogens is 383 g/mol. The van der Waals surface area contributed by atoms with Gasteiger partial charge in [0.25, 0.3) is 0 Å². The number of fused-ring (bicyclic) bond motifs is 1. The van der Waals surface area contributed by atoms with Crippen LogP contribution in [-0.4, -0.2) is 31.1 Å². The number of anilines is 1. The van der Waals surface area contributed by atoms with E-state index in [1.54, 1.807) is 6.07 Å². The van der Waals surface area contributed by atoms with Crippen molar-refractivity contribution in [1.82, 2.24) is 4.90 Å². The molecule has 0 radical (unpaired) electrons. The number of benzene rings is 2. The Hall–Kier alpha value is -2.01. The van der Waals surface area contributed by atoms with Gasteiger partial charge in [-0.1, -0.05) is 35.3 Å². The molecule has 0 bridgehead atoms. The van der Waals surface area contributed by atoms with Gasteiger partial charge in [0.2, 0.25) is 0 Å². The van der Waals surface area contributed by atoms with Gasteiger partial charge < -0.3 is 9.32 Å². The number of halogens is 2. The van der Waals surface area contributed by atoms with Crippen LogP contribution in [0.15, 0.2) is 51.7 Å². The lowest BCUT2D eigenvalue weighted by Crippen LogP contribution is -2.46. The fourth-order valence-corrected chi connectivity index (χ4v) is 3.99. The second-order valence-corrected chi connectivity index (χ2v) is 7.72. The summed E-state index contributed by atoms with van der Waals surface area (Å²) in [6, 6.07) is 13.2. The number of hydrogen-bond acceptors (Lipinski definition) is 4. The van der Waals surface area contributed by atoms with Gasteiger partial charge in [0.15, 0.2) is 0 Å². The van der Waals surface area contributed by atoms with E-state index in [-0.39, 0.29) is 5.63 Å². The smallest absolute Gasteiger partial charge is 0.336 e. The summed E-state index contributed by atoms with van der Waals surface area (Å²) in [5.41, 5.74) is 3.20. The summed E-state index contributed by atoms with van der Waals surface area (Å²) < 4.78 is 5.36. The van der Waals surface area contributed by atoms with E-state index in [2.05, 4.69) is 15.9 Å². The van der Waals surface area contributed by atoms with E-state index in [1.807, 2.05) is 37.3 Å². The van der Waals surface area contributed by atoms with Crippen LogP contribution >= 0.6 is 23.2 Å². The van der Waals surface area contributed by atoms with E-state index in [1.165, 1.54) is 0 Å². The molecule has 0 atom stereocenters. The standard InChI is InChI=1S/C21H20Cl2N2O2/c1-14-10-20-16(12-18(14)23)15(11-21(26)27-20)13-24-6-8-25(9-7-24)19-5-3-2-4-17(19)22/h2-5,10-12H,6-9,13H2,1H3. The van der Waals surface area contributed by atoms with Crippen molar-refractivity contribution in [3.63, 3.8) is 0 Å². The van der Waals surface area contributed by atoms with Crippen LogP contribution in [0.3, 0.4) is 0 Å². The van der Waals surface area contributed by atoms with E-state index >= 15 is 0 Å². The van der Waals surface area contributed by atoms with Gasteiger partial charge in [-0.15, -0.1) is 0 Å². The quantitative estimate of drug-likeness (QED) is 0.593. The molecule has 0 aliphatic carbocycles. The average molecular weight is 403 g/mol. The Morgan fingerprint density at radius 2 is 1.74 bits per heavy atom. The maximum absolute atomic E-state index is 12.0. The summed E-state index contributed by atoms with van der Waals surface area (Å²) in [5.74, 6) is 0. The fraction of sp³-hybridized carbons (Fsp3) is 0.286. The highest BCUT2D eigenvalue weighted by Gasteiger charge is 2.20. The highest BCUT2D eigenvalue weighted by atomic mass is 35.5. The first kappa shape index (κ1) is 18.4. The second-order valence-electron chi connectivity index (χ2n) is 6.90. The lowest BCUT2D eigenvalue weighted by molar-refractivity contribution is 0.250. The zero-order valence-corrected chi connectivity index (χ0v) is 16.6. The van der Waals surface area contributed by atoms with Crippen LogP contribution < -0.4 is 10.5 Å². The van der Waals surface area contributed by atoms with Gasteiger partial charge in [-0.2, -0.15) is 0 Å². The molecule has 140 valence electrons. The Labute approximate surface area is 167 Å². The third kappa shape index (κ3) is 3.84. The first-order valence-corrected chi connectivity index (χ1v) is 9.71. The predicted octanol–water partition coefficient (Wildman–Crippen LogP) is 4.73. The van der Waals surface area contributed by atoms with Crippen molar-refractivity contribution in [1.29, 1.82) is 0 Å². The van der Waals surface area contributed by atoms with Crippen molar-refractivity contribution in [2.45, 2.75) is 13.5 Å². The van der Waals surface area contributed by atoms with Crippen LogP contribution in [0.2, 0.25) is 10.0 Å². The second kappa shape index (κ2) is 7.55. The number of nitrogens with zero attached hydrogens (tertiary/aromatic N) is 2. The van der Waals surface area contributed by atoms with E-state index < -0.39 is 0 Å². The van der Waals surface area contributed by atoms with Gasteiger partial charge >= 0.3 is 5.63 Å². The predicted molar refractivity (Wildman–Crippen MR) is 111 cm³/mol. The van der Waals surface area contributed by atoms with E-state index in [9.17, 15) is 4.79 Å². The molecule has 2 aromatic carbocycles. The molecule has 2 heterocycles. The normalized spacial score (nSPS) is 15.4. The van der Waals surface area contributed by atoms with Gasteiger partial charge in [-0.05, 0) is 42.3 Å². The van der Waals surface area contributed by atoms with Crippen LogP contribution in [-0.2, 0) is 6.54 Å². The lowest BCUT2D eigenvalue weighted by Gasteiger charge is -2.36. The molecule has 27 heavy (non-hydrogen) atoms. The highest BCUT2D eigenvalue weighted by Crippen LogP contribution is 2.28. The molecule has 0 amide bonds. The Bertz CT molecular complexity index is 1040. The maximum atomic E-state index is 12.0. The molecular formula is C21H20Cl2N2O2. The molecule has 1 fully saturated rings. The van der Waals surface area contributed by atoms with Crippen molar-refractivity contribution in [2.75, 3.05) is 31.1 Å². The average Bonchev–Trinajstić information content (AvgIpc) is 2.64. The highest BCUT2D eigenvalue weighted by molar-refractivity contribution is 6.33. The summed E-state index contributed by atoms with van der Waals surface area (Å²) in [6.07, 6.45) is 0. The Morgan fingerprint density at radius 1 is 1.00 bits per heavy atom. The third-order valence-electron chi connectivity index (χ3n) is 5.07. The van der Waals surface area contributed by atoms with Crippen molar-refractivity contribution in [3.8, 4) is 0 Å². The number of piperazine rings is 1. The number of rotatable bonds is 3. The van der Waals surface area contributed by atoms with Gasteiger partial charge in [0.05, 0.1) is 10.7 Å². The fourth-order valence-electron chi connectivity index (χ4n) is 3.58. The van der Waals surface area contributed by atoms with E-state index in [0.717, 1.165) is 53.4 Å².